The van der Waals surface area contributed by atoms with Crippen molar-refractivity contribution in [2.24, 2.45) is 0 Å². The van der Waals surface area contributed by atoms with Gasteiger partial charge in [0.05, 0.1) is 0 Å². The van der Waals surface area contributed by atoms with E-state index in [9.17, 15) is 0 Å². The van der Waals surface area contributed by atoms with Crippen molar-refractivity contribution in [1.82, 2.24) is 9.80 Å². The third-order valence-corrected chi connectivity index (χ3v) is 12.1. The third-order valence-electron chi connectivity index (χ3n) is 12.1. The summed E-state index contributed by atoms with van der Waals surface area (Å²) >= 11 is 0. The monoisotopic (exact) mass is 802 g/mol. The van der Waals surface area contributed by atoms with Crippen molar-refractivity contribution in [3.05, 3.63) is 241 Å². The van der Waals surface area contributed by atoms with Crippen molar-refractivity contribution in [3.8, 4) is 0 Å². The Morgan fingerprint density at radius 1 is 0.323 bits per heavy atom. The summed E-state index contributed by atoms with van der Waals surface area (Å²) in [7, 11) is 8.72. The number of rotatable bonds is 16. The molecule has 0 N–H and O–H groups in total. The molecule has 0 saturated heterocycles. The maximum Gasteiger partial charge on any atom is 0.242 e. The summed E-state index contributed by atoms with van der Waals surface area (Å²) in [5, 5.41) is 2.49. The smallest absolute Gasteiger partial charge is 0.242 e. The maximum atomic E-state index is 2.44. The Kier molecular flexibility index (Phi) is 13.9. The molecule has 0 aliphatic rings. The predicted molar refractivity (Wildman–Crippen MR) is 273 cm³/mol. The highest BCUT2D eigenvalue weighted by Gasteiger charge is 2.30. The van der Waals surface area contributed by atoms with Crippen LogP contribution in [-0.4, -0.2) is 64.5 Å². The number of hydrogen-bond donors (Lipinski definition) is 0. The molecule has 0 aliphatic heterocycles. The molecule has 0 spiro atoms. The number of hydrogen-bond acceptors (Lipinski definition) is 2. The van der Waals surface area contributed by atoms with Crippen molar-refractivity contribution in [2.45, 2.75) is 12.8 Å². The fourth-order valence-electron chi connectivity index (χ4n) is 9.06. The summed E-state index contributed by atoms with van der Waals surface area (Å²) in [6.45, 7) is 1.98. The van der Waals surface area contributed by atoms with Gasteiger partial charge in [0.15, 0.2) is 0 Å². The first-order chi connectivity index (χ1) is 30.4. The van der Waals surface area contributed by atoms with E-state index in [0.717, 1.165) is 25.9 Å². The third kappa shape index (κ3) is 10.0. The lowest BCUT2D eigenvalue weighted by Gasteiger charge is -2.26. The van der Waals surface area contributed by atoms with Crippen LogP contribution in [0.2, 0.25) is 0 Å². The van der Waals surface area contributed by atoms with E-state index in [0.29, 0.717) is 0 Å². The van der Waals surface area contributed by atoms with Gasteiger partial charge in [-0.3, -0.25) is 0 Å². The van der Waals surface area contributed by atoms with E-state index < -0.39 is 0 Å². The number of benzene rings is 8. The Morgan fingerprint density at radius 2 is 0.597 bits per heavy atom. The van der Waals surface area contributed by atoms with Crippen LogP contribution >= 0.6 is 0 Å². The molecule has 0 fully saturated rings. The fraction of sp³-hybridized carbons (Fsp3) is 0.138. The fourth-order valence-corrected chi connectivity index (χ4v) is 9.06. The molecule has 4 heteroatoms. The lowest BCUT2D eigenvalue weighted by molar-refractivity contribution is 0.419. The Morgan fingerprint density at radius 3 is 0.871 bits per heavy atom. The average molecular weight is 803 g/mol. The van der Waals surface area contributed by atoms with E-state index in [2.05, 4.69) is 256 Å². The SMILES string of the molecule is CN(C)CC/C(=C(\B(c1ccccc1)c1ccccc1)c1ccccc1)c1ccc2cc(/C(CCN(C)C)=C(/B(c3ccccc3)c3ccccc3)c3ccccc3)ccc2c1. The second-order valence-electron chi connectivity index (χ2n) is 16.9. The molecule has 0 unspecified atom stereocenters. The van der Waals surface area contributed by atoms with Crippen molar-refractivity contribution in [2.75, 3.05) is 41.3 Å². The van der Waals surface area contributed by atoms with Crippen LogP contribution in [0.4, 0.5) is 0 Å². The van der Waals surface area contributed by atoms with Gasteiger partial charge in [-0.2, -0.15) is 0 Å². The molecule has 0 atom stereocenters. The zero-order valence-electron chi connectivity index (χ0n) is 36.7. The molecule has 0 aromatic heterocycles. The van der Waals surface area contributed by atoms with Gasteiger partial charge in [0.2, 0.25) is 13.4 Å². The van der Waals surface area contributed by atoms with E-state index in [1.165, 1.54) is 77.0 Å². The Labute approximate surface area is 371 Å². The molecule has 0 amide bonds. The van der Waals surface area contributed by atoms with Crippen LogP contribution < -0.4 is 21.9 Å². The Balaban J connectivity index is 1.35. The summed E-state index contributed by atoms with van der Waals surface area (Å²) in [5.74, 6) is 0. The predicted octanol–water partition coefficient (Wildman–Crippen LogP) is 10.3. The van der Waals surface area contributed by atoms with Crippen LogP contribution in [0.3, 0.4) is 0 Å². The van der Waals surface area contributed by atoms with Crippen LogP contribution in [0.15, 0.2) is 218 Å². The summed E-state index contributed by atoms with van der Waals surface area (Å²) in [6.07, 6.45) is 1.82. The van der Waals surface area contributed by atoms with Crippen LogP contribution in [0.5, 0.6) is 0 Å². The minimum absolute atomic E-state index is 0.0537. The molecular weight excluding hydrogens is 746 g/mol. The van der Waals surface area contributed by atoms with Gasteiger partial charge in [-0.05, 0) is 97.3 Å². The molecule has 0 aliphatic carbocycles. The first-order valence-electron chi connectivity index (χ1n) is 22.1. The van der Waals surface area contributed by atoms with Gasteiger partial charge in [-0.15, -0.1) is 0 Å². The van der Waals surface area contributed by atoms with Gasteiger partial charge >= 0.3 is 0 Å². The van der Waals surface area contributed by atoms with Crippen molar-refractivity contribution in [3.63, 3.8) is 0 Å². The van der Waals surface area contributed by atoms with E-state index in [-0.39, 0.29) is 13.4 Å². The molecule has 8 aromatic rings. The summed E-state index contributed by atoms with van der Waals surface area (Å²) in [5.41, 5.74) is 15.7. The van der Waals surface area contributed by atoms with E-state index >= 15 is 0 Å². The number of nitrogens with zero attached hydrogens (tertiary/aromatic N) is 2. The van der Waals surface area contributed by atoms with Gasteiger partial charge in [0.25, 0.3) is 0 Å². The highest BCUT2D eigenvalue weighted by Crippen LogP contribution is 2.36. The van der Waals surface area contributed by atoms with Gasteiger partial charge in [0, 0.05) is 13.1 Å². The van der Waals surface area contributed by atoms with Crippen LogP contribution in [0.1, 0.15) is 35.1 Å². The Hall–Kier alpha value is -6.45. The second-order valence-corrected chi connectivity index (χ2v) is 16.9. The quantitative estimate of drug-likeness (QED) is 0.0709. The first-order valence-corrected chi connectivity index (χ1v) is 22.1. The van der Waals surface area contributed by atoms with E-state index in [4.69, 9.17) is 0 Å². The minimum atomic E-state index is 0.0537. The topological polar surface area (TPSA) is 6.48 Å². The first kappa shape index (κ1) is 42.2. The standard InChI is InChI=1S/C58H56B2N2/c1-61(2)41-39-55(57(45-23-11-5-12-24-45)59(51-27-15-7-16-28-51)52-29-17-8-18-30-52)49-37-35-48-44-50(38-36-47(48)43-49)56(40-42-62(3)4)58(46-25-13-6-14-26-46)60(53-31-19-9-20-32-53)54-33-21-10-22-34-54/h5-38,43-44H,39-42H2,1-4H3/b57-55+,58-56+. The molecule has 8 aromatic carbocycles. The van der Waals surface area contributed by atoms with Crippen molar-refractivity contribution in [1.29, 1.82) is 0 Å². The summed E-state index contributed by atoms with van der Waals surface area (Å²) in [6, 6.07) is 80.7. The van der Waals surface area contributed by atoms with Gasteiger partial charge in [-0.1, -0.05) is 239 Å². The normalized spacial score (nSPS) is 12.3. The highest BCUT2D eigenvalue weighted by molar-refractivity contribution is 7.01. The van der Waals surface area contributed by atoms with Gasteiger partial charge < -0.3 is 9.80 Å². The number of fused-ring (bicyclic) bond motifs is 1. The van der Waals surface area contributed by atoms with Crippen LogP contribution in [-0.2, 0) is 0 Å². The maximum absolute atomic E-state index is 2.44. The molecular formula is C58H56B2N2. The lowest BCUT2D eigenvalue weighted by Crippen LogP contribution is -2.44. The molecule has 8 rings (SSSR count). The minimum Gasteiger partial charge on any atom is -0.309 e. The molecule has 62 heavy (non-hydrogen) atoms. The van der Waals surface area contributed by atoms with Crippen molar-refractivity contribution < 1.29 is 0 Å². The molecule has 0 bridgehead atoms. The molecule has 0 radical (unpaired) electrons. The van der Waals surface area contributed by atoms with Crippen LogP contribution in [0.25, 0.3) is 32.9 Å². The zero-order valence-corrected chi connectivity index (χ0v) is 36.7. The molecule has 0 heterocycles. The zero-order chi connectivity index (χ0) is 42.7. The summed E-state index contributed by atoms with van der Waals surface area (Å²) < 4.78 is 0. The van der Waals surface area contributed by atoms with Gasteiger partial charge in [-0.25, -0.2) is 0 Å². The largest absolute Gasteiger partial charge is 0.309 e. The molecule has 0 saturated carbocycles. The van der Waals surface area contributed by atoms with Crippen molar-refractivity contribution >= 4 is 68.1 Å². The lowest BCUT2D eigenvalue weighted by atomic mass is 9.34. The van der Waals surface area contributed by atoms with E-state index in [1.807, 2.05) is 0 Å². The second kappa shape index (κ2) is 20.4. The molecule has 2 nitrogen and oxygen atoms in total. The Bertz CT molecular complexity index is 2440. The van der Waals surface area contributed by atoms with E-state index in [1.54, 1.807) is 0 Å². The van der Waals surface area contributed by atoms with Gasteiger partial charge in [0.1, 0.15) is 0 Å². The van der Waals surface area contributed by atoms with Crippen LogP contribution in [0, 0.1) is 0 Å². The summed E-state index contributed by atoms with van der Waals surface area (Å²) in [4.78, 5) is 4.61. The average Bonchev–Trinajstić information content (AvgIpc) is 3.32. The molecule has 304 valence electrons. The highest BCUT2D eigenvalue weighted by atomic mass is 15.0.